The van der Waals surface area contributed by atoms with Crippen LogP contribution < -0.4 is 11.1 Å². The molecule has 3 N–H and O–H groups in total. The summed E-state index contributed by atoms with van der Waals surface area (Å²) in [5.41, 5.74) is 14.4. The highest BCUT2D eigenvalue weighted by molar-refractivity contribution is 5.91. The summed E-state index contributed by atoms with van der Waals surface area (Å²) in [5, 5.41) is 8.25. The number of nitrogens with two attached hydrogens (primary N) is 1. The van der Waals surface area contributed by atoms with Crippen molar-refractivity contribution < 1.29 is 4.79 Å². The molecule has 7 nitrogen and oxygen atoms in total. The van der Waals surface area contributed by atoms with Gasteiger partial charge in [0.1, 0.15) is 6.04 Å². The zero-order valence-electron chi connectivity index (χ0n) is 10.7. The van der Waals surface area contributed by atoms with Gasteiger partial charge in [-0.1, -0.05) is 29.4 Å². The number of primary amides is 1. The Kier molecular flexibility index (Phi) is 4.49. The summed E-state index contributed by atoms with van der Waals surface area (Å²) in [5.74, 6) is -0.496. The molecule has 20 heavy (non-hydrogen) atoms. The molecule has 0 aliphatic carbocycles. The van der Waals surface area contributed by atoms with E-state index in [0.717, 1.165) is 16.3 Å². The van der Waals surface area contributed by atoms with Gasteiger partial charge in [0.15, 0.2) is 0 Å². The number of hydrogen-bond donors (Lipinski definition) is 2. The number of hydrogen-bond acceptors (Lipinski definition) is 4. The summed E-state index contributed by atoms with van der Waals surface area (Å²) in [4.78, 5) is 18.4. The number of nitrogens with zero attached hydrogens (tertiary/aromatic N) is 4. The molecule has 1 aromatic heterocycles. The Morgan fingerprint density at radius 1 is 1.45 bits per heavy atom. The molecule has 7 heteroatoms. The fourth-order valence-corrected chi connectivity index (χ4v) is 2.04. The predicted octanol–water partition coefficient (Wildman–Crippen LogP) is 1.66. The van der Waals surface area contributed by atoms with E-state index in [9.17, 15) is 4.79 Å². The maximum atomic E-state index is 11.6. The number of rotatable bonds is 6. The van der Waals surface area contributed by atoms with E-state index < -0.39 is 11.9 Å². The first-order chi connectivity index (χ1) is 9.74. The van der Waals surface area contributed by atoms with Gasteiger partial charge in [-0.25, -0.2) is 0 Å². The van der Waals surface area contributed by atoms with Gasteiger partial charge in [0.05, 0.1) is 0 Å². The molecule has 0 aliphatic rings. The lowest BCUT2D eigenvalue weighted by Crippen LogP contribution is -2.35. The molecule has 102 valence electrons. The van der Waals surface area contributed by atoms with Gasteiger partial charge in [-0.2, -0.15) is 0 Å². The number of nitrogens with one attached hydrogen (secondary N) is 1. The van der Waals surface area contributed by atoms with Crippen LogP contribution >= 0.6 is 0 Å². The van der Waals surface area contributed by atoms with E-state index in [-0.39, 0.29) is 6.54 Å². The second-order valence-electron chi connectivity index (χ2n) is 4.19. The maximum Gasteiger partial charge on any atom is 0.239 e. The molecule has 0 bridgehead atoms. The van der Waals surface area contributed by atoms with Crippen LogP contribution in [-0.2, 0) is 4.79 Å². The summed E-state index contributed by atoms with van der Waals surface area (Å²) in [6.45, 7) is 0.610. The Balaban J connectivity index is 2.31. The highest BCUT2D eigenvalue weighted by atomic mass is 16.1. The molecular formula is C13H14N6O. The minimum absolute atomic E-state index is 0.248. The zero-order valence-corrected chi connectivity index (χ0v) is 10.7. The molecule has 0 saturated heterocycles. The number of carbonyl (C=O) groups excluding carboxylic acids is 1. The van der Waals surface area contributed by atoms with E-state index in [1.807, 2.05) is 24.3 Å². The van der Waals surface area contributed by atoms with E-state index in [1.165, 1.54) is 0 Å². The van der Waals surface area contributed by atoms with Crippen molar-refractivity contribution in [2.75, 3.05) is 13.1 Å². The predicted molar refractivity (Wildman–Crippen MR) is 75.7 cm³/mol. The average Bonchev–Trinajstić information content (AvgIpc) is 2.47. The summed E-state index contributed by atoms with van der Waals surface area (Å²) >= 11 is 0. The van der Waals surface area contributed by atoms with Crippen molar-refractivity contribution in [1.82, 2.24) is 10.3 Å². The highest BCUT2D eigenvalue weighted by Gasteiger charge is 2.19. The lowest BCUT2D eigenvalue weighted by molar-refractivity contribution is -0.120. The molecule has 1 heterocycles. The lowest BCUT2D eigenvalue weighted by atomic mass is 10.0. The Morgan fingerprint density at radius 3 is 3.00 bits per heavy atom. The first-order valence-electron chi connectivity index (χ1n) is 6.10. The first kappa shape index (κ1) is 13.8. The van der Waals surface area contributed by atoms with Crippen molar-refractivity contribution in [1.29, 1.82) is 0 Å². The lowest BCUT2D eigenvalue weighted by Gasteiger charge is -2.16. The van der Waals surface area contributed by atoms with Crippen molar-refractivity contribution in [3.63, 3.8) is 0 Å². The standard InChI is InChI=1S/C13H14N6O/c14-13(20)12(17-5-6-18-19-15)11-8-16-7-9-3-1-2-4-10(9)11/h1-4,7-8,12,17H,5-6H2,(H2,14,20). The van der Waals surface area contributed by atoms with Crippen molar-refractivity contribution in [3.05, 3.63) is 52.7 Å². The first-order valence-corrected chi connectivity index (χ1v) is 6.10. The van der Waals surface area contributed by atoms with Gasteiger partial charge in [0.25, 0.3) is 0 Å². The smallest absolute Gasteiger partial charge is 0.239 e. The van der Waals surface area contributed by atoms with Crippen LogP contribution in [0, 0.1) is 0 Å². The van der Waals surface area contributed by atoms with E-state index in [4.69, 9.17) is 11.3 Å². The monoisotopic (exact) mass is 270 g/mol. The Labute approximate surface area is 115 Å². The van der Waals surface area contributed by atoms with E-state index >= 15 is 0 Å². The molecular weight excluding hydrogens is 256 g/mol. The highest BCUT2D eigenvalue weighted by Crippen LogP contribution is 2.22. The number of fused-ring (bicyclic) bond motifs is 1. The summed E-state index contributed by atoms with van der Waals surface area (Å²) in [7, 11) is 0. The number of carbonyl (C=O) groups is 1. The Hall–Kier alpha value is -2.63. The number of benzene rings is 1. The second kappa shape index (κ2) is 6.51. The molecule has 0 fully saturated rings. The molecule has 1 unspecified atom stereocenters. The van der Waals surface area contributed by atoms with Crippen molar-refractivity contribution in [2.45, 2.75) is 6.04 Å². The van der Waals surface area contributed by atoms with Gasteiger partial charge >= 0.3 is 0 Å². The van der Waals surface area contributed by atoms with Gasteiger partial charge < -0.3 is 11.1 Å². The van der Waals surface area contributed by atoms with Crippen molar-refractivity contribution in [2.24, 2.45) is 10.8 Å². The molecule has 1 amide bonds. The van der Waals surface area contributed by atoms with Gasteiger partial charge in [-0.15, -0.1) is 0 Å². The normalized spacial score (nSPS) is 11.8. The van der Waals surface area contributed by atoms with E-state index in [1.54, 1.807) is 12.4 Å². The second-order valence-corrected chi connectivity index (χ2v) is 4.19. The minimum Gasteiger partial charge on any atom is -0.368 e. The van der Waals surface area contributed by atoms with Crippen molar-refractivity contribution >= 4 is 16.7 Å². The molecule has 1 atom stereocenters. The minimum atomic E-state index is -0.664. The van der Waals surface area contributed by atoms with Crippen LogP contribution in [0.25, 0.3) is 21.2 Å². The maximum absolute atomic E-state index is 11.6. The van der Waals surface area contributed by atoms with Gasteiger partial charge in [0, 0.05) is 41.3 Å². The largest absolute Gasteiger partial charge is 0.368 e. The zero-order chi connectivity index (χ0) is 14.4. The molecule has 0 radical (unpaired) electrons. The van der Waals surface area contributed by atoms with Crippen LogP contribution in [0.1, 0.15) is 11.6 Å². The van der Waals surface area contributed by atoms with Crippen molar-refractivity contribution in [3.8, 4) is 0 Å². The fourth-order valence-electron chi connectivity index (χ4n) is 2.04. The third-order valence-corrected chi connectivity index (χ3v) is 2.92. The molecule has 0 saturated carbocycles. The molecule has 2 aromatic rings. The summed E-state index contributed by atoms with van der Waals surface area (Å²) < 4.78 is 0. The van der Waals surface area contributed by atoms with Crippen LogP contribution in [0.5, 0.6) is 0 Å². The average molecular weight is 270 g/mol. The van der Waals surface area contributed by atoms with Crippen LogP contribution in [0.4, 0.5) is 0 Å². The molecule has 2 rings (SSSR count). The third-order valence-electron chi connectivity index (χ3n) is 2.92. The van der Waals surface area contributed by atoms with Crippen LogP contribution in [0.3, 0.4) is 0 Å². The SMILES string of the molecule is [N-]=[N+]=NCCNC(C(N)=O)c1cncc2ccccc12. The number of azide groups is 1. The summed E-state index contributed by atoms with van der Waals surface area (Å²) in [6.07, 6.45) is 3.36. The van der Waals surface area contributed by atoms with Gasteiger partial charge in [-0.05, 0) is 10.9 Å². The third kappa shape index (κ3) is 3.03. The number of amides is 1. The topological polar surface area (TPSA) is 117 Å². The van der Waals surface area contributed by atoms with Crippen LogP contribution in [0.2, 0.25) is 0 Å². The molecule has 0 spiro atoms. The number of pyridine rings is 1. The van der Waals surface area contributed by atoms with Gasteiger partial charge in [0.2, 0.25) is 5.91 Å². The van der Waals surface area contributed by atoms with Crippen LogP contribution in [-0.4, -0.2) is 24.0 Å². The van der Waals surface area contributed by atoms with Gasteiger partial charge in [-0.3, -0.25) is 9.78 Å². The Morgan fingerprint density at radius 2 is 2.25 bits per heavy atom. The summed E-state index contributed by atoms with van der Waals surface area (Å²) in [6, 6.07) is 6.97. The quantitative estimate of drug-likeness (QED) is 0.359. The fraction of sp³-hybridized carbons (Fsp3) is 0.231. The Bertz CT molecular complexity index is 659. The van der Waals surface area contributed by atoms with Crippen LogP contribution in [0.15, 0.2) is 41.8 Å². The van der Waals surface area contributed by atoms with E-state index in [2.05, 4.69) is 20.3 Å². The molecule has 1 aromatic carbocycles. The molecule has 0 aliphatic heterocycles. The van der Waals surface area contributed by atoms with E-state index in [0.29, 0.717) is 6.54 Å². The number of aromatic nitrogens is 1.